The summed E-state index contributed by atoms with van der Waals surface area (Å²) < 4.78 is 0. The van der Waals surface area contributed by atoms with E-state index in [0.29, 0.717) is 4.99 Å². The normalized spacial score (nSPS) is 11.0. The summed E-state index contributed by atoms with van der Waals surface area (Å²) in [4.78, 5) is 11.6. The lowest BCUT2D eigenvalue weighted by molar-refractivity contribution is 1.10. The SMILES string of the molecule is Cc1sc2ncnc(SCc3cccc(C(N)=S)c3)c2c1C. The van der Waals surface area contributed by atoms with E-state index < -0.39 is 0 Å². The van der Waals surface area contributed by atoms with Crippen molar-refractivity contribution >= 4 is 50.5 Å². The van der Waals surface area contributed by atoms with E-state index in [4.69, 9.17) is 18.0 Å². The van der Waals surface area contributed by atoms with E-state index >= 15 is 0 Å². The molecule has 2 aromatic heterocycles. The maximum absolute atomic E-state index is 5.69. The maximum Gasteiger partial charge on any atom is 0.128 e. The van der Waals surface area contributed by atoms with Crippen molar-refractivity contribution in [2.24, 2.45) is 5.73 Å². The zero-order valence-electron chi connectivity index (χ0n) is 12.3. The Balaban J connectivity index is 1.88. The molecule has 0 fully saturated rings. The predicted octanol–water partition coefficient (Wildman–Crippen LogP) is 4.23. The number of nitrogens with two attached hydrogens (primary N) is 1. The summed E-state index contributed by atoms with van der Waals surface area (Å²) in [5.41, 5.74) is 9.06. The number of thioether (sulfide) groups is 1. The summed E-state index contributed by atoms with van der Waals surface area (Å²) in [7, 11) is 0. The molecule has 0 amide bonds. The first-order valence-electron chi connectivity index (χ1n) is 6.78. The molecule has 3 rings (SSSR count). The minimum Gasteiger partial charge on any atom is -0.389 e. The van der Waals surface area contributed by atoms with Crippen LogP contribution in [0.15, 0.2) is 35.6 Å². The monoisotopic (exact) mass is 345 g/mol. The molecule has 2 N–H and O–H groups in total. The topological polar surface area (TPSA) is 51.8 Å². The lowest BCUT2D eigenvalue weighted by Gasteiger charge is -2.05. The number of thiocarbonyl (C=S) groups is 1. The smallest absolute Gasteiger partial charge is 0.128 e. The van der Waals surface area contributed by atoms with Crippen LogP contribution in [-0.2, 0) is 5.75 Å². The van der Waals surface area contributed by atoms with Crippen molar-refractivity contribution in [3.8, 4) is 0 Å². The largest absolute Gasteiger partial charge is 0.389 e. The van der Waals surface area contributed by atoms with E-state index in [1.165, 1.54) is 21.4 Å². The molecule has 3 nitrogen and oxygen atoms in total. The summed E-state index contributed by atoms with van der Waals surface area (Å²) in [5, 5.41) is 2.22. The predicted molar refractivity (Wildman–Crippen MR) is 98.8 cm³/mol. The molecule has 2 heterocycles. The fourth-order valence-corrected chi connectivity index (χ4v) is 4.41. The van der Waals surface area contributed by atoms with Crippen LogP contribution in [0.1, 0.15) is 21.6 Å². The van der Waals surface area contributed by atoms with Gasteiger partial charge in [0.05, 0.1) is 0 Å². The first-order chi connectivity index (χ1) is 10.6. The molecule has 0 aliphatic carbocycles. The van der Waals surface area contributed by atoms with Gasteiger partial charge in [-0.3, -0.25) is 0 Å². The lowest BCUT2D eigenvalue weighted by atomic mass is 10.1. The average Bonchev–Trinajstić information content (AvgIpc) is 2.81. The summed E-state index contributed by atoms with van der Waals surface area (Å²) >= 11 is 8.48. The van der Waals surface area contributed by atoms with Crippen LogP contribution in [0.5, 0.6) is 0 Å². The maximum atomic E-state index is 5.69. The first-order valence-corrected chi connectivity index (χ1v) is 8.99. The van der Waals surface area contributed by atoms with Crippen LogP contribution in [-0.4, -0.2) is 15.0 Å². The van der Waals surface area contributed by atoms with Gasteiger partial charge in [-0.1, -0.05) is 30.4 Å². The number of hydrogen-bond acceptors (Lipinski definition) is 5. The number of aryl methyl sites for hydroxylation is 2. The second-order valence-electron chi connectivity index (χ2n) is 5.00. The van der Waals surface area contributed by atoms with Crippen molar-refractivity contribution in [2.45, 2.75) is 24.6 Å². The fourth-order valence-electron chi connectivity index (χ4n) is 2.23. The van der Waals surface area contributed by atoms with Crippen molar-refractivity contribution in [2.75, 3.05) is 0 Å². The van der Waals surface area contributed by atoms with Gasteiger partial charge in [0.2, 0.25) is 0 Å². The average molecular weight is 346 g/mol. The van der Waals surface area contributed by atoms with Crippen molar-refractivity contribution in [1.82, 2.24) is 9.97 Å². The molecule has 22 heavy (non-hydrogen) atoms. The molecule has 0 aliphatic rings. The van der Waals surface area contributed by atoms with Crippen LogP contribution < -0.4 is 5.73 Å². The Morgan fingerprint density at radius 3 is 2.91 bits per heavy atom. The zero-order valence-corrected chi connectivity index (χ0v) is 14.7. The third kappa shape index (κ3) is 2.99. The van der Waals surface area contributed by atoms with E-state index in [1.54, 1.807) is 29.4 Å². The molecular weight excluding hydrogens is 330 g/mol. The third-order valence-corrected chi connectivity index (χ3v) is 5.93. The highest BCUT2D eigenvalue weighted by Gasteiger charge is 2.12. The third-order valence-electron chi connectivity index (χ3n) is 3.52. The van der Waals surface area contributed by atoms with Gasteiger partial charge in [-0.25, -0.2) is 9.97 Å². The number of benzene rings is 1. The Kier molecular flexibility index (Phi) is 4.42. The number of fused-ring (bicyclic) bond motifs is 1. The van der Waals surface area contributed by atoms with Crippen LogP contribution in [0.25, 0.3) is 10.2 Å². The summed E-state index contributed by atoms with van der Waals surface area (Å²) in [5.74, 6) is 0.830. The molecule has 6 heteroatoms. The van der Waals surface area contributed by atoms with Crippen LogP contribution >= 0.6 is 35.3 Å². The quantitative estimate of drug-likeness (QED) is 0.435. The number of rotatable bonds is 4. The van der Waals surface area contributed by atoms with Crippen molar-refractivity contribution in [1.29, 1.82) is 0 Å². The minimum atomic E-state index is 0.431. The van der Waals surface area contributed by atoms with Crippen LogP contribution in [0.3, 0.4) is 0 Å². The zero-order chi connectivity index (χ0) is 15.7. The Morgan fingerprint density at radius 2 is 2.14 bits per heavy atom. The van der Waals surface area contributed by atoms with Crippen LogP contribution in [0, 0.1) is 13.8 Å². The fraction of sp³-hybridized carbons (Fsp3) is 0.188. The molecule has 0 unspecified atom stereocenters. The molecule has 0 bridgehead atoms. The molecule has 0 spiro atoms. The molecule has 0 radical (unpaired) electrons. The number of nitrogens with zero attached hydrogens (tertiary/aromatic N) is 2. The first kappa shape index (κ1) is 15.4. The van der Waals surface area contributed by atoms with Gasteiger partial charge in [-0.15, -0.1) is 23.1 Å². The minimum absolute atomic E-state index is 0.431. The Bertz CT molecular complexity index is 855. The lowest BCUT2D eigenvalue weighted by Crippen LogP contribution is -2.09. The van der Waals surface area contributed by atoms with Gasteiger partial charge in [0.1, 0.15) is 21.2 Å². The van der Waals surface area contributed by atoms with Gasteiger partial charge >= 0.3 is 0 Å². The number of aromatic nitrogens is 2. The van der Waals surface area contributed by atoms with Gasteiger partial charge in [0.25, 0.3) is 0 Å². The van der Waals surface area contributed by atoms with E-state index in [-0.39, 0.29) is 0 Å². The Morgan fingerprint density at radius 1 is 1.32 bits per heavy atom. The second kappa shape index (κ2) is 6.32. The summed E-state index contributed by atoms with van der Waals surface area (Å²) in [6.45, 7) is 4.26. The van der Waals surface area contributed by atoms with Gasteiger partial charge in [-0.05, 0) is 31.0 Å². The molecule has 3 aromatic rings. The van der Waals surface area contributed by atoms with E-state index in [1.807, 2.05) is 18.2 Å². The highest BCUT2D eigenvalue weighted by Crippen LogP contribution is 2.35. The Hall–Kier alpha value is -1.50. The highest BCUT2D eigenvalue weighted by molar-refractivity contribution is 7.98. The second-order valence-corrected chi connectivity index (χ2v) is 7.60. The van der Waals surface area contributed by atoms with Crippen molar-refractivity contribution in [3.05, 3.63) is 52.2 Å². The van der Waals surface area contributed by atoms with E-state index in [9.17, 15) is 0 Å². The molecule has 1 aromatic carbocycles. The molecule has 0 saturated carbocycles. The standard InChI is InChI=1S/C16H15N3S3/c1-9-10(2)22-16-13(9)15(18-8-19-16)21-7-11-4-3-5-12(6-11)14(17)20/h3-6,8H,7H2,1-2H3,(H2,17,20). The molecule has 0 aliphatic heterocycles. The van der Waals surface area contributed by atoms with E-state index in [0.717, 1.165) is 21.2 Å². The molecule has 0 saturated heterocycles. The van der Waals surface area contributed by atoms with Gasteiger partial charge in [0.15, 0.2) is 0 Å². The highest BCUT2D eigenvalue weighted by atomic mass is 32.2. The molecule has 0 atom stereocenters. The van der Waals surface area contributed by atoms with Crippen LogP contribution in [0.2, 0.25) is 0 Å². The number of thiophene rings is 1. The Labute approximate surface area is 143 Å². The summed E-state index contributed by atoms with van der Waals surface area (Å²) in [6, 6.07) is 8.05. The van der Waals surface area contributed by atoms with E-state index in [2.05, 4.69) is 29.9 Å². The van der Waals surface area contributed by atoms with Gasteiger partial charge in [-0.2, -0.15) is 0 Å². The number of hydrogen-bond donors (Lipinski definition) is 1. The summed E-state index contributed by atoms with van der Waals surface area (Å²) in [6.07, 6.45) is 1.64. The van der Waals surface area contributed by atoms with Crippen LogP contribution in [0.4, 0.5) is 0 Å². The van der Waals surface area contributed by atoms with Crippen molar-refractivity contribution in [3.63, 3.8) is 0 Å². The van der Waals surface area contributed by atoms with Gasteiger partial charge in [0, 0.05) is 21.6 Å². The van der Waals surface area contributed by atoms with Crippen molar-refractivity contribution < 1.29 is 0 Å². The molecule has 112 valence electrons. The van der Waals surface area contributed by atoms with Gasteiger partial charge < -0.3 is 5.73 Å². The molecular formula is C16H15N3S3.